The molecule has 0 amide bonds. The van der Waals surface area contributed by atoms with Crippen LogP contribution in [-0.2, 0) is 11.3 Å². The van der Waals surface area contributed by atoms with Crippen molar-refractivity contribution in [1.82, 2.24) is 15.2 Å². The van der Waals surface area contributed by atoms with Crippen molar-refractivity contribution in [1.29, 1.82) is 0 Å². The molecule has 198 valence electrons. The summed E-state index contributed by atoms with van der Waals surface area (Å²) in [6.45, 7) is 4.09. The van der Waals surface area contributed by atoms with Gasteiger partial charge in [0.1, 0.15) is 18.0 Å². The molecule has 0 aliphatic carbocycles. The summed E-state index contributed by atoms with van der Waals surface area (Å²) in [6, 6.07) is 7.60. The number of ether oxygens (including phenoxy) is 1. The maximum atomic E-state index is 12.7. The highest BCUT2D eigenvalue weighted by Gasteiger charge is 2.33. The van der Waals surface area contributed by atoms with Crippen molar-refractivity contribution in [2.45, 2.75) is 51.0 Å². The Hall–Kier alpha value is -3.00. The zero-order chi connectivity index (χ0) is 26.6. The molecule has 0 atom stereocenters. The largest absolute Gasteiger partial charge is 0.485 e. The van der Waals surface area contributed by atoms with E-state index in [-0.39, 0.29) is 5.92 Å². The molecule has 0 radical (unpaired) electrons. The first-order valence-corrected chi connectivity index (χ1v) is 12.9. The highest BCUT2D eigenvalue weighted by Crippen LogP contribution is 2.35. The van der Waals surface area contributed by atoms with Gasteiger partial charge in [-0.05, 0) is 69.1 Å². The molecule has 1 aromatic carbocycles. The predicted octanol–water partition coefficient (Wildman–Crippen LogP) is 4.34. The van der Waals surface area contributed by atoms with Crippen molar-refractivity contribution in [3.05, 3.63) is 69.1 Å². The minimum atomic E-state index is -4.16. The summed E-state index contributed by atoms with van der Waals surface area (Å²) in [5.41, 5.74) is 7.76. The average Bonchev–Trinajstić information content (AvgIpc) is 3.32. The molecule has 3 heterocycles. The summed E-state index contributed by atoms with van der Waals surface area (Å²) < 4.78 is 44.0. The van der Waals surface area contributed by atoms with Crippen molar-refractivity contribution in [3.8, 4) is 11.8 Å². The van der Waals surface area contributed by atoms with Crippen molar-refractivity contribution in [3.63, 3.8) is 0 Å². The lowest BCUT2D eigenvalue weighted by molar-refractivity contribution is -0.147. The van der Waals surface area contributed by atoms with Gasteiger partial charge in [-0.3, -0.25) is 4.90 Å². The van der Waals surface area contributed by atoms with Crippen LogP contribution in [-0.4, -0.2) is 52.9 Å². The highest BCUT2D eigenvalue weighted by molar-refractivity contribution is 7.12. The number of allylic oxidation sites excluding steroid dienone is 1. The van der Waals surface area contributed by atoms with E-state index in [0.717, 1.165) is 26.6 Å². The smallest absolute Gasteiger partial charge is 0.401 e. The first-order valence-electron chi connectivity index (χ1n) is 12.1. The Balaban J connectivity index is 1.38. The molecule has 1 aromatic heterocycles. The number of aliphatic hydroxyl groups is 1. The number of halogens is 3. The van der Waals surface area contributed by atoms with E-state index in [4.69, 9.17) is 10.5 Å². The molecule has 4 N–H and O–H groups in total. The van der Waals surface area contributed by atoms with Gasteiger partial charge in [-0.2, -0.15) is 13.2 Å². The standard InChI is InChI=1S/C27H31F3N4O2S/c1-26(2,35)9-6-18-4-3-5-19(12-18)16-36-22-13-21(14-32-24(22)31)23-15-33-25(37-23)20-7-10-34(11-8-20)17-27(28,29)30/h3-5,12-13,15,20,32,35H,7-8,10-11,14,16-17,31H2,1-2H3. The predicted molar refractivity (Wildman–Crippen MR) is 138 cm³/mol. The molecular formula is C27H31F3N4O2S. The number of piperidine rings is 1. The second-order valence-corrected chi connectivity index (χ2v) is 10.9. The van der Waals surface area contributed by atoms with Crippen LogP contribution in [0, 0.1) is 11.8 Å². The minimum Gasteiger partial charge on any atom is -0.485 e. The van der Waals surface area contributed by atoms with E-state index in [9.17, 15) is 18.3 Å². The van der Waals surface area contributed by atoms with E-state index in [1.165, 1.54) is 4.90 Å². The first kappa shape index (κ1) is 27.0. The summed E-state index contributed by atoms with van der Waals surface area (Å²) in [6.07, 6.45) is 0.902. The zero-order valence-corrected chi connectivity index (χ0v) is 21.7. The van der Waals surface area contributed by atoms with Crippen LogP contribution in [0.5, 0.6) is 0 Å². The van der Waals surface area contributed by atoms with E-state index in [0.29, 0.717) is 50.7 Å². The van der Waals surface area contributed by atoms with Gasteiger partial charge in [0, 0.05) is 24.2 Å². The number of likely N-dealkylation sites (tertiary alicyclic amines) is 1. The van der Waals surface area contributed by atoms with Gasteiger partial charge in [0.25, 0.3) is 0 Å². The van der Waals surface area contributed by atoms with Gasteiger partial charge < -0.3 is 20.9 Å². The molecular weight excluding hydrogens is 501 g/mol. The van der Waals surface area contributed by atoms with Crippen LogP contribution in [0.25, 0.3) is 5.57 Å². The Morgan fingerprint density at radius 3 is 2.73 bits per heavy atom. The third-order valence-electron chi connectivity index (χ3n) is 6.05. The maximum absolute atomic E-state index is 12.7. The van der Waals surface area contributed by atoms with E-state index in [2.05, 4.69) is 22.1 Å². The second-order valence-electron chi connectivity index (χ2n) is 9.83. The van der Waals surface area contributed by atoms with Crippen LogP contribution in [0.2, 0.25) is 0 Å². The number of hydrogen-bond donors (Lipinski definition) is 3. The summed E-state index contributed by atoms with van der Waals surface area (Å²) >= 11 is 1.57. The Morgan fingerprint density at radius 1 is 1.27 bits per heavy atom. The number of nitrogens with zero attached hydrogens (tertiary/aromatic N) is 2. The molecule has 0 spiro atoms. The van der Waals surface area contributed by atoms with Gasteiger partial charge >= 0.3 is 6.18 Å². The topological polar surface area (TPSA) is 83.6 Å². The van der Waals surface area contributed by atoms with Gasteiger partial charge in [0.05, 0.1) is 16.4 Å². The lowest BCUT2D eigenvalue weighted by atomic mass is 9.97. The van der Waals surface area contributed by atoms with Crippen molar-refractivity contribution < 1.29 is 23.0 Å². The maximum Gasteiger partial charge on any atom is 0.401 e. The molecule has 1 saturated heterocycles. The summed E-state index contributed by atoms with van der Waals surface area (Å²) in [4.78, 5) is 7.03. The van der Waals surface area contributed by atoms with E-state index in [1.54, 1.807) is 25.2 Å². The normalized spacial score (nSPS) is 17.6. The summed E-state index contributed by atoms with van der Waals surface area (Å²) in [7, 11) is 0. The van der Waals surface area contributed by atoms with Gasteiger partial charge in [0.15, 0.2) is 5.76 Å². The SMILES string of the molecule is CC(C)(O)C#Cc1cccc(COC2=C(N)NCC(c3cnc(C4CCN(CC(F)(F)F)CC4)s3)=C2)c1. The molecule has 0 bridgehead atoms. The number of hydrogen-bond acceptors (Lipinski definition) is 7. The fourth-order valence-corrected chi connectivity index (χ4v) is 5.28. The minimum absolute atomic E-state index is 0.170. The second kappa shape index (κ2) is 11.2. The van der Waals surface area contributed by atoms with Crippen LogP contribution in [0.3, 0.4) is 0 Å². The molecule has 1 fully saturated rings. The molecule has 0 unspecified atom stereocenters. The number of dihydropyridines is 1. The zero-order valence-electron chi connectivity index (χ0n) is 20.9. The number of thiazole rings is 1. The van der Waals surface area contributed by atoms with Gasteiger partial charge in [-0.1, -0.05) is 24.0 Å². The fourth-order valence-electron chi connectivity index (χ4n) is 4.18. The fraction of sp³-hybridized carbons (Fsp3) is 0.444. The van der Waals surface area contributed by atoms with E-state index >= 15 is 0 Å². The van der Waals surface area contributed by atoms with Crippen LogP contribution < -0.4 is 11.1 Å². The number of rotatable bonds is 6. The van der Waals surface area contributed by atoms with E-state index in [1.807, 2.05) is 36.5 Å². The molecule has 10 heteroatoms. The van der Waals surface area contributed by atoms with E-state index < -0.39 is 18.3 Å². The third kappa shape index (κ3) is 7.99. The first-order chi connectivity index (χ1) is 17.4. The van der Waals surface area contributed by atoms with Crippen LogP contribution in [0.4, 0.5) is 13.2 Å². The van der Waals surface area contributed by atoms with Crippen molar-refractivity contribution in [2.24, 2.45) is 5.73 Å². The molecule has 4 rings (SSSR count). The van der Waals surface area contributed by atoms with Gasteiger partial charge in [-0.15, -0.1) is 11.3 Å². The number of nitrogens with two attached hydrogens (primary N) is 1. The summed E-state index contributed by atoms with van der Waals surface area (Å²) in [5.74, 6) is 6.92. The number of benzene rings is 1. The van der Waals surface area contributed by atoms with Crippen molar-refractivity contribution in [2.75, 3.05) is 26.2 Å². The number of aromatic nitrogens is 1. The van der Waals surface area contributed by atoms with Crippen LogP contribution >= 0.6 is 11.3 Å². The monoisotopic (exact) mass is 532 g/mol. The van der Waals surface area contributed by atoms with Crippen LogP contribution in [0.15, 0.2) is 48.1 Å². The lowest BCUT2D eigenvalue weighted by Crippen LogP contribution is -2.39. The number of nitrogens with one attached hydrogen (secondary N) is 1. The quantitative estimate of drug-likeness (QED) is 0.481. The Kier molecular flexibility index (Phi) is 8.17. The number of alkyl halides is 3. The molecule has 37 heavy (non-hydrogen) atoms. The average molecular weight is 533 g/mol. The van der Waals surface area contributed by atoms with Crippen LogP contribution in [0.1, 0.15) is 53.6 Å². The molecule has 6 nitrogen and oxygen atoms in total. The molecule has 2 aliphatic rings. The Morgan fingerprint density at radius 2 is 2.03 bits per heavy atom. The Bertz CT molecular complexity index is 1230. The molecule has 0 saturated carbocycles. The van der Waals surface area contributed by atoms with Gasteiger partial charge in [-0.25, -0.2) is 4.98 Å². The molecule has 2 aromatic rings. The Labute approximate surface area is 219 Å². The molecule has 2 aliphatic heterocycles. The summed E-state index contributed by atoms with van der Waals surface area (Å²) in [5, 5.41) is 13.9. The highest BCUT2D eigenvalue weighted by atomic mass is 32.1. The lowest BCUT2D eigenvalue weighted by Gasteiger charge is -2.31. The third-order valence-corrected chi connectivity index (χ3v) is 7.29. The van der Waals surface area contributed by atoms with Gasteiger partial charge in [0.2, 0.25) is 0 Å². The van der Waals surface area contributed by atoms with Crippen molar-refractivity contribution >= 4 is 16.9 Å².